The van der Waals surface area contributed by atoms with E-state index in [0.717, 1.165) is 50.6 Å². The number of likely N-dealkylation sites (tertiary alicyclic amines) is 1. The molecule has 0 amide bonds. The van der Waals surface area contributed by atoms with Gasteiger partial charge in [-0.25, -0.2) is 0 Å². The van der Waals surface area contributed by atoms with Crippen LogP contribution in [-0.4, -0.2) is 67.6 Å². The minimum Gasteiger partial charge on any atom is -0.389 e. The normalized spacial score (nSPS) is 16.7. The number of guanidine groups is 1. The van der Waals surface area contributed by atoms with Crippen molar-refractivity contribution < 1.29 is 14.6 Å². The molecule has 1 unspecified atom stereocenters. The van der Waals surface area contributed by atoms with E-state index in [1.165, 1.54) is 0 Å². The van der Waals surface area contributed by atoms with Gasteiger partial charge >= 0.3 is 0 Å². The molecule has 1 heterocycles. The number of rotatable bonds is 9. The van der Waals surface area contributed by atoms with Crippen LogP contribution in [0.25, 0.3) is 0 Å². The summed E-state index contributed by atoms with van der Waals surface area (Å²) < 4.78 is 11.3. The lowest BCUT2D eigenvalue weighted by Crippen LogP contribution is -2.47. The number of hydrogen-bond acceptors (Lipinski definition) is 4. The summed E-state index contributed by atoms with van der Waals surface area (Å²) in [6, 6.07) is 9.97. The molecular formula is C20H34IN3O3. The second-order valence-electron chi connectivity index (χ2n) is 6.49. The number of nitrogens with zero attached hydrogens (tertiary/aromatic N) is 2. The number of piperidine rings is 1. The van der Waals surface area contributed by atoms with Crippen LogP contribution in [0, 0.1) is 0 Å². The highest BCUT2D eigenvalue weighted by molar-refractivity contribution is 14.0. The van der Waals surface area contributed by atoms with Crippen molar-refractivity contribution in [1.82, 2.24) is 10.2 Å². The van der Waals surface area contributed by atoms with E-state index in [9.17, 15) is 5.11 Å². The third-order valence-electron chi connectivity index (χ3n) is 4.35. The molecule has 0 aliphatic carbocycles. The molecule has 27 heavy (non-hydrogen) atoms. The Morgan fingerprint density at radius 2 is 1.96 bits per heavy atom. The van der Waals surface area contributed by atoms with Crippen molar-refractivity contribution in [3.8, 4) is 0 Å². The van der Waals surface area contributed by atoms with Gasteiger partial charge in [-0.3, -0.25) is 4.99 Å². The fraction of sp³-hybridized carbons (Fsp3) is 0.650. The SMILES string of the molecule is CCNC(=NCC(O)COCc1ccccc1)N1CCC(OCC)CC1.I. The summed E-state index contributed by atoms with van der Waals surface area (Å²) in [5.41, 5.74) is 1.11. The zero-order valence-corrected chi connectivity index (χ0v) is 18.8. The van der Waals surface area contributed by atoms with Crippen molar-refractivity contribution in [2.75, 3.05) is 39.4 Å². The topological polar surface area (TPSA) is 66.3 Å². The van der Waals surface area contributed by atoms with Gasteiger partial charge in [-0.1, -0.05) is 30.3 Å². The van der Waals surface area contributed by atoms with Gasteiger partial charge in [0, 0.05) is 26.2 Å². The molecule has 1 saturated heterocycles. The molecule has 1 fully saturated rings. The maximum absolute atomic E-state index is 10.2. The standard InChI is InChI=1S/C20H33N3O3.HI/c1-3-21-20(23-12-10-19(11-13-23)26-4-2)22-14-18(24)16-25-15-17-8-6-5-7-9-17;/h5-9,18-19,24H,3-4,10-16H2,1-2H3,(H,21,22);1H. The highest BCUT2D eigenvalue weighted by Gasteiger charge is 2.21. The van der Waals surface area contributed by atoms with Gasteiger partial charge in [-0.2, -0.15) is 0 Å². The maximum Gasteiger partial charge on any atom is 0.194 e. The van der Waals surface area contributed by atoms with Crippen LogP contribution < -0.4 is 5.32 Å². The average Bonchev–Trinajstić information content (AvgIpc) is 2.67. The highest BCUT2D eigenvalue weighted by atomic mass is 127. The number of halogens is 1. The van der Waals surface area contributed by atoms with Gasteiger partial charge in [0.15, 0.2) is 5.96 Å². The molecule has 1 aliphatic heterocycles. The summed E-state index contributed by atoms with van der Waals surface area (Å²) in [7, 11) is 0. The zero-order valence-electron chi connectivity index (χ0n) is 16.5. The molecule has 6 nitrogen and oxygen atoms in total. The van der Waals surface area contributed by atoms with Crippen LogP contribution in [0.15, 0.2) is 35.3 Å². The summed E-state index contributed by atoms with van der Waals surface area (Å²) in [5.74, 6) is 0.865. The number of aliphatic hydroxyl groups excluding tert-OH is 1. The Morgan fingerprint density at radius 3 is 2.59 bits per heavy atom. The monoisotopic (exact) mass is 491 g/mol. The Hall–Kier alpha value is -0.900. The van der Waals surface area contributed by atoms with Crippen LogP contribution in [-0.2, 0) is 16.1 Å². The van der Waals surface area contributed by atoms with Crippen LogP contribution in [0.2, 0.25) is 0 Å². The molecule has 0 bridgehead atoms. The van der Waals surface area contributed by atoms with E-state index < -0.39 is 6.10 Å². The van der Waals surface area contributed by atoms with E-state index in [-0.39, 0.29) is 30.6 Å². The molecule has 1 aromatic carbocycles. The number of benzene rings is 1. The second-order valence-corrected chi connectivity index (χ2v) is 6.49. The molecular weight excluding hydrogens is 457 g/mol. The predicted octanol–water partition coefficient (Wildman–Crippen LogP) is 2.65. The minimum atomic E-state index is -0.603. The van der Waals surface area contributed by atoms with Gasteiger partial charge in [-0.15, -0.1) is 24.0 Å². The molecule has 2 rings (SSSR count). The number of ether oxygens (including phenoxy) is 2. The maximum atomic E-state index is 10.2. The van der Waals surface area contributed by atoms with Gasteiger partial charge in [0.25, 0.3) is 0 Å². The van der Waals surface area contributed by atoms with E-state index in [1.807, 2.05) is 37.3 Å². The lowest BCUT2D eigenvalue weighted by atomic mass is 10.1. The molecule has 1 atom stereocenters. The highest BCUT2D eigenvalue weighted by Crippen LogP contribution is 2.13. The molecule has 1 aliphatic rings. The Morgan fingerprint density at radius 1 is 1.26 bits per heavy atom. The van der Waals surface area contributed by atoms with E-state index in [4.69, 9.17) is 9.47 Å². The van der Waals surface area contributed by atoms with E-state index in [1.54, 1.807) is 0 Å². The van der Waals surface area contributed by atoms with Crippen LogP contribution >= 0.6 is 24.0 Å². The third kappa shape index (κ3) is 9.23. The lowest BCUT2D eigenvalue weighted by Gasteiger charge is -2.34. The molecule has 0 aromatic heterocycles. The quantitative estimate of drug-likeness (QED) is 0.316. The first kappa shape index (κ1) is 24.1. The van der Waals surface area contributed by atoms with Gasteiger partial charge in [-0.05, 0) is 32.3 Å². The summed E-state index contributed by atoms with van der Waals surface area (Å²) >= 11 is 0. The Balaban J connectivity index is 0.00000364. The summed E-state index contributed by atoms with van der Waals surface area (Å²) in [5, 5.41) is 13.5. The second kappa shape index (κ2) is 14.1. The van der Waals surface area contributed by atoms with Crippen molar-refractivity contribution in [3.63, 3.8) is 0 Å². The fourth-order valence-electron chi connectivity index (χ4n) is 3.03. The molecule has 7 heteroatoms. The van der Waals surface area contributed by atoms with Crippen LogP contribution in [0.1, 0.15) is 32.3 Å². The summed E-state index contributed by atoms with van der Waals surface area (Å²) in [4.78, 5) is 6.84. The van der Waals surface area contributed by atoms with Gasteiger partial charge < -0.3 is 24.8 Å². The average molecular weight is 491 g/mol. The first-order valence-electron chi connectivity index (χ1n) is 9.67. The molecule has 154 valence electrons. The summed E-state index contributed by atoms with van der Waals surface area (Å²) in [6.07, 6.45) is 1.78. The lowest BCUT2D eigenvalue weighted by molar-refractivity contribution is 0.0256. The van der Waals surface area contributed by atoms with Crippen molar-refractivity contribution in [3.05, 3.63) is 35.9 Å². The first-order valence-corrected chi connectivity index (χ1v) is 9.67. The fourth-order valence-corrected chi connectivity index (χ4v) is 3.03. The Kier molecular flexibility index (Phi) is 12.6. The van der Waals surface area contributed by atoms with Crippen molar-refractivity contribution >= 4 is 29.9 Å². The minimum absolute atomic E-state index is 0. The third-order valence-corrected chi connectivity index (χ3v) is 4.35. The van der Waals surface area contributed by atoms with Gasteiger partial charge in [0.05, 0.1) is 32.0 Å². The molecule has 2 N–H and O–H groups in total. The molecule has 1 aromatic rings. The zero-order chi connectivity index (χ0) is 18.6. The first-order chi connectivity index (χ1) is 12.7. The number of nitrogens with one attached hydrogen (secondary N) is 1. The predicted molar refractivity (Wildman–Crippen MR) is 120 cm³/mol. The molecule has 0 spiro atoms. The van der Waals surface area contributed by atoms with E-state index in [2.05, 4.69) is 22.1 Å². The Labute approximate surface area is 180 Å². The van der Waals surface area contributed by atoms with E-state index >= 15 is 0 Å². The Bertz CT molecular complexity index is 522. The number of aliphatic imine (C=N–C) groups is 1. The largest absolute Gasteiger partial charge is 0.389 e. The molecule has 0 radical (unpaired) electrons. The van der Waals surface area contributed by atoms with Crippen molar-refractivity contribution in [2.45, 2.75) is 45.5 Å². The van der Waals surface area contributed by atoms with Crippen molar-refractivity contribution in [1.29, 1.82) is 0 Å². The smallest absolute Gasteiger partial charge is 0.194 e. The van der Waals surface area contributed by atoms with Gasteiger partial charge in [0.1, 0.15) is 0 Å². The number of hydrogen-bond donors (Lipinski definition) is 2. The van der Waals surface area contributed by atoms with Crippen LogP contribution in [0.5, 0.6) is 0 Å². The van der Waals surface area contributed by atoms with E-state index in [0.29, 0.717) is 19.3 Å². The van der Waals surface area contributed by atoms with Gasteiger partial charge in [0.2, 0.25) is 0 Å². The van der Waals surface area contributed by atoms with Crippen LogP contribution in [0.3, 0.4) is 0 Å². The van der Waals surface area contributed by atoms with Crippen LogP contribution in [0.4, 0.5) is 0 Å². The van der Waals surface area contributed by atoms with Crippen molar-refractivity contribution in [2.24, 2.45) is 4.99 Å². The summed E-state index contributed by atoms with van der Waals surface area (Å²) in [6.45, 7) is 8.66. The number of aliphatic hydroxyl groups is 1. The molecule has 0 saturated carbocycles.